The van der Waals surface area contributed by atoms with Gasteiger partial charge in [-0.2, -0.15) is 0 Å². The Morgan fingerprint density at radius 1 is 1.18 bits per heavy atom. The summed E-state index contributed by atoms with van der Waals surface area (Å²) in [6.45, 7) is 3.98. The summed E-state index contributed by atoms with van der Waals surface area (Å²) in [5, 5.41) is 8.47. The maximum atomic E-state index is 12.1. The average Bonchev–Trinajstić information content (AvgIpc) is 3.14. The molecule has 0 atom stereocenters. The van der Waals surface area contributed by atoms with E-state index in [4.69, 9.17) is 4.42 Å². The zero-order valence-electron chi connectivity index (χ0n) is 12.2. The summed E-state index contributed by atoms with van der Waals surface area (Å²) in [6, 6.07) is 11.6. The van der Waals surface area contributed by atoms with E-state index in [1.54, 1.807) is 0 Å². The van der Waals surface area contributed by atoms with Gasteiger partial charge in [-0.3, -0.25) is 4.79 Å². The van der Waals surface area contributed by atoms with Crippen LogP contribution in [0.15, 0.2) is 46.0 Å². The Morgan fingerprint density at radius 2 is 2.00 bits per heavy atom. The lowest BCUT2D eigenvalue weighted by atomic mass is 10.1. The van der Waals surface area contributed by atoms with Gasteiger partial charge < -0.3 is 4.42 Å². The van der Waals surface area contributed by atoms with Crippen molar-refractivity contribution in [2.45, 2.75) is 19.1 Å². The molecular formula is C16H14N2O2S2. The summed E-state index contributed by atoms with van der Waals surface area (Å²) < 4.78 is 5.63. The molecule has 0 spiro atoms. The molecular weight excluding hydrogens is 316 g/mol. The van der Waals surface area contributed by atoms with Crippen molar-refractivity contribution in [2.24, 2.45) is 0 Å². The van der Waals surface area contributed by atoms with Gasteiger partial charge >= 0.3 is 0 Å². The lowest BCUT2D eigenvalue weighted by Gasteiger charge is -1.98. The normalized spacial score (nSPS) is 10.8. The van der Waals surface area contributed by atoms with Crippen LogP contribution in [0.25, 0.3) is 11.5 Å². The first-order valence-electron chi connectivity index (χ1n) is 6.75. The number of benzene rings is 1. The zero-order chi connectivity index (χ0) is 15.5. The van der Waals surface area contributed by atoms with Crippen molar-refractivity contribution in [3.63, 3.8) is 0 Å². The Bertz CT molecular complexity index is 808. The van der Waals surface area contributed by atoms with Gasteiger partial charge in [0.1, 0.15) is 0 Å². The quantitative estimate of drug-likeness (QED) is 0.513. The van der Waals surface area contributed by atoms with Crippen LogP contribution in [-0.4, -0.2) is 21.7 Å². The average molecular weight is 330 g/mol. The molecule has 6 heteroatoms. The maximum Gasteiger partial charge on any atom is 0.277 e. The summed E-state index contributed by atoms with van der Waals surface area (Å²) in [6.07, 6.45) is 0. The number of thioether (sulfide) groups is 1. The van der Waals surface area contributed by atoms with Crippen molar-refractivity contribution in [3.05, 3.63) is 51.7 Å². The van der Waals surface area contributed by atoms with Gasteiger partial charge in [-0.15, -0.1) is 21.5 Å². The van der Waals surface area contributed by atoms with Gasteiger partial charge in [0.2, 0.25) is 5.89 Å². The number of rotatable bonds is 5. The number of aromatic nitrogens is 2. The van der Waals surface area contributed by atoms with E-state index in [-0.39, 0.29) is 5.78 Å². The molecule has 0 unspecified atom stereocenters. The number of hydrogen-bond donors (Lipinski definition) is 0. The summed E-state index contributed by atoms with van der Waals surface area (Å²) >= 11 is 2.78. The first-order valence-corrected chi connectivity index (χ1v) is 8.55. The van der Waals surface area contributed by atoms with Crippen molar-refractivity contribution in [2.75, 3.05) is 5.75 Å². The van der Waals surface area contributed by atoms with Crippen LogP contribution in [0.1, 0.15) is 20.1 Å². The smallest absolute Gasteiger partial charge is 0.277 e. The van der Waals surface area contributed by atoms with E-state index in [1.165, 1.54) is 23.1 Å². The molecule has 0 N–H and O–H groups in total. The molecule has 0 aliphatic rings. The van der Waals surface area contributed by atoms with Crippen molar-refractivity contribution in [1.82, 2.24) is 10.2 Å². The van der Waals surface area contributed by atoms with Crippen molar-refractivity contribution in [3.8, 4) is 11.5 Å². The molecule has 0 aliphatic heterocycles. The third-order valence-electron chi connectivity index (χ3n) is 3.12. The molecule has 0 bridgehead atoms. The Kier molecular flexibility index (Phi) is 4.40. The number of carbonyl (C=O) groups excluding carboxylic acids is 1. The standard InChI is InChI=1S/C16H14N2O2S2/c1-10-5-3-4-6-12(10)15-17-18-16(20-15)21-9-13(19)14-8-7-11(2)22-14/h3-8H,9H2,1-2H3. The van der Waals surface area contributed by atoms with Crippen LogP contribution in [0.5, 0.6) is 0 Å². The lowest BCUT2D eigenvalue weighted by molar-refractivity contribution is 0.102. The van der Waals surface area contributed by atoms with Gasteiger partial charge in [0, 0.05) is 10.4 Å². The van der Waals surface area contributed by atoms with E-state index in [0.29, 0.717) is 16.9 Å². The number of aryl methyl sites for hydroxylation is 2. The summed E-state index contributed by atoms with van der Waals surface area (Å²) in [7, 11) is 0. The first kappa shape index (κ1) is 15.0. The minimum absolute atomic E-state index is 0.0822. The van der Waals surface area contributed by atoms with E-state index in [9.17, 15) is 4.79 Å². The van der Waals surface area contributed by atoms with Crippen LogP contribution in [0.4, 0.5) is 0 Å². The van der Waals surface area contributed by atoms with Gasteiger partial charge in [-0.1, -0.05) is 30.0 Å². The summed E-state index contributed by atoms with van der Waals surface area (Å²) in [4.78, 5) is 14.0. The van der Waals surface area contributed by atoms with Gasteiger partial charge in [-0.25, -0.2) is 0 Å². The highest BCUT2D eigenvalue weighted by Crippen LogP contribution is 2.26. The molecule has 0 fully saturated rings. The number of ketones is 1. The molecule has 0 saturated carbocycles. The van der Waals surface area contributed by atoms with Gasteiger partial charge in [0.25, 0.3) is 5.22 Å². The van der Waals surface area contributed by atoms with Crippen LogP contribution in [0.2, 0.25) is 0 Å². The van der Waals surface area contributed by atoms with Gasteiger partial charge in [-0.05, 0) is 37.6 Å². The van der Waals surface area contributed by atoms with Crippen LogP contribution in [-0.2, 0) is 0 Å². The Hall–Kier alpha value is -1.92. The van der Waals surface area contributed by atoms with Crippen LogP contribution in [0.3, 0.4) is 0 Å². The zero-order valence-corrected chi connectivity index (χ0v) is 13.8. The largest absolute Gasteiger partial charge is 0.411 e. The number of Topliss-reactive ketones (excluding diaryl/α,β-unsaturated/α-hetero) is 1. The number of thiophene rings is 1. The van der Waals surface area contributed by atoms with Crippen LogP contribution in [0, 0.1) is 13.8 Å². The molecule has 0 amide bonds. The number of carbonyl (C=O) groups is 1. The molecule has 3 aromatic rings. The highest BCUT2D eigenvalue weighted by Gasteiger charge is 2.14. The number of hydrogen-bond acceptors (Lipinski definition) is 6. The van der Waals surface area contributed by atoms with E-state index in [1.807, 2.05) is 50.2 Å². The van der Waals surface area contributed by atoms with E-state index < -0.39 is 0 Å². The van der Waals surface area contributed by atoms with Crippen LogP contribution < -0.4 is 0 Å². The third-order valence-corrected chi connectivity index (χ3v) is 4.98. The molecule has 1 aromatic carbocycles. The Morgan fingerprint density at radius 3 is 2.73 bits per heavy atom. The maximum absolute atomic E-state index is 12.1. The minimum Gasteiger partial charge on any atom is -0.411 e. The minimum atomic E-state index is 0.0822. The molecule has 2 aromatic heterocycles. The third kappa shape index (κ3) is 3.28. The molecule has 0 radical (unpaired) electrons. The highest BCUT2D eigenvalue weighted by molar-refractivity contribution is 7.99. The molecule has 0 aliphatic carbocycles. The SMILES string of the molecule is Cc1ccc(C(=O)CSc2nnc(-c3ccccc3C)o2)s1. The van der Waals surface area contributed by atoms with E-state index in [0.717, 1.165) is 20.9 Å². The molecule has 4 nitrogen and oxygen atoms in total. The van der Waals surface area contributed by atoms with E-state index in [2.05, 4.69) is 10.2 Å². The molecule has 0 saturated heterocycles. The Labute approximate surface area is 136 Å². The van der Waals surface area contributed by atoms with Crippen molar-refractivity contribution >= 4 is 28.9 Å². The van der Waals surface area contributed by atoms with Crippen molar-refractivity contribution in [1.29, 1.82) is 0 Å². The van der Waals surface area contributed by atoms with E-state index >= 15 is 0 Å². The summed E-state index contributed by atoms with van der Waals surface area (Å²) in [5.74, 6) is 0.869. The number of nitrogens with zero attached hydrogens (tertiary/aromatic N) is 2. The van der Waals surface area contributed by atoms with Gasteiger partial charge in [0.05, 0.1) is 10.6 Å². The highest BCUT2D eigenvalue weighted by atomic mass is 32.2. The second kappa shape index (κ2) is 6.46. The molecule has 22 heavy (non-hydrogen) atoms. The fraction of sp³-hybridized carbons (Fsp3) is 0.188. The molecule has 112 valence electrons. The monoisotopic (exact) mass is 330 g/mol. The fourth-order valence-electron chi connectivity index (χ4n) is 1.97. The second-order valence-corrected chi connectivity index (χ2v) is 7.02. The summed E-state index contributed by atoms with van der Waals surface area (Å²) in [5.41, 5.74) is 2.00. The van der Waals surface area contributed by atoms with Gasteiger partial charge in [0.15, 0.2) is 5.78 Å². The fourth-order valence-corrected chi connectivity index (χ4v) is 3.52. The molecule has 3 rings (SSSR count). The Balaban J connectivity index is 1.67. The second-order valence-electron chi connectivity index (χ2n) is 4.81. The topological polar surface area (TPSA) is 56.0 Å². The predicted molar refractivity (Wildman–Crippen MR) is 88.6 cm³/mol. The predicted octanol–water partition coefficient (Wildman–Crippen LogP) is 4.39. The van der Waals surface area contributed by atoms with Crippen LogP contribution >= 0.6 is 23.1 Å². The van der Waals surface area contributed by atoms with Crippen molar-refractivity contribution < 1.29 is 9.21 Å². The molecule has 2 heterocycles. The lowest BCUT2D eigenvalue weighted by Crippen LogP contribution is -1.99. The first-order chi connectivity index (χ1) is 10.6.